The van der Waals surface area contributed by atoms with Crippen LogP contribution in [0.4, 0.5) is 17.3 Å². The van der Waals surface area contributed by atoms with Crippen LogP contribution < -0.4 is 26.6 Å². The number of nitrogens with two attached hydrogens (primary N) is 1. The second-order valence-electron chi connectivity index (χ2n) is 8.36. The van der Waals surface area contributed by atoms with E-state index in [4.69, 9.17) is 5.73 Å². The van der Waals surface area contributed by atoms with Crippen LogP contribution in [-0.4, -0.2) is 68.7 Å². The molecule has 1 aromatic carbocycles. The lowest BCUT2D eigenvalue weighted by atomic mass is 10.00. The Hall–Kier alpha value is -3.25. The Balaban J connectivity index is 1.51. The first-order chi connectivity index (χ1) is 15.7. The van der Waals surface area contributed by atoms with Crippen LogP contribution in [0, 0.1) is 5.92 Å². The van der Waals surface area contributed by atoms with E-state index in [1.165, 1.54) is 18.3 Å². The van der Waals surface area contributed by atoms with Crippen LogP contribution in [0.15, 0.2) is 35.4 Å². The van der Waals surface area contributed by atoms with E-state index in [1.54, 1.807) is 12.1 Å². The molecule has 2 amide bonds. The monoisotopic (exact) mass is 473 g/mol. The molecule has 2 aliphatic rings. The molecule has 33 heavy (non-hydrogen) atoms. The number of hydrogen-bond donors (Lipinski definition) is 4. The second-order valence-corrected chi connectivity index (χ2v) is 10.4. The summed E-state index contributed by atoms with van der Waals surface area (Å²) in [5.41, 5.74) is 5.99. The van der Waals surface area contributed by atoms with Gasteiger partial charge in [-0.2, -0.15) is 0 Å². The summed E-state index contributed by atoms with van der Waals surface area (Å²) in [6, 6.07) is 6.10. The lowest BCUT2D eigenvalue weighted by Gasteiger charge is -2.35. The van der Waals surface area contributed by atoms with Gasteiger partial charge in [-0.3, -0.25) is 9.59 Å². The number of aromatic nitrogens is 2. The highest BCUT2D eigenvalue weighted by molar-refractivity contribution is 7.90. The maximum absolute atomic E-state index is 12.3. The molecule has 0 radical (unpaired) electrons. The number of hydrogen-bond acceptors (Lipinski definition) is 9. The lowest BCUT2D eigenvalue weighted by molar-refractivity contribution is -0.127. The summed E-state index contributed by atoms with van der Waals surface area (Å²) in [7, 11) is -3.32. The number of anilines is 3. The topological polar surface area (TPSA) is 159 Å². The van der Waals surface area contributed by atoms with Crippen molar-refractivity contribution in [3.8, 4) is 0 Å². The zero-order valence-corrected chi connectivity index (χ0v) is 19.1. The number of sulfone groups is 1. The Morgan fingerprint density at radius 1 is 1.21 bits per heavy atom. The fourth-order valence-corrected chi connectivity index (χ4v) is 4.45. The fraction of sp³-hybridized carbons (Fsp3) is 0.429. The Labute approximate surface area is 192 Å². The molecule has 2 aliphatic heterocycles. The van der Waals surface area contributed by atoms with Crippen LogP contribution >= 0.6 is 0 Å². The largest absolute Gasteiger partial charge is 0.364 e. The molecule has 0 unspecified atom stereocenters. The van der Waals surface area contributed by atoms with Crippen LogP contribution in [-0.2, 0) is 14.6 Å². The van der Waals surface area contributed by atoms with Gasteiger partial charge < -0.3 is 26.6 Å². The van der Waals surface area contributed by atoms with Gasteiger partial charge in [0.05, 0.1) is 17.0 Å². The molecule has 1 atom stereocenters. The van der Waals surface area contributed by atoms with Gasteiger partial charge in [0.1, 0.15) is 5.82 Å². The fourth-order valence-electron chi connectivity index (χ4n) is 3.82. The van der Waals surface area contributed by atoms with Gasteiger partial charge in [0.25, 0.3) is 5.91 Å². The Morgan fingerprint density at radius 2 is 1.94 bits per heavy atom. The van der Waals surface area contributed by atoms with Crippen molar-refractivity contribution in [2.75, 3.05) is 42.7 Å². The van der Waals surface area contributed by atoms with E-state index >= 15 is 0 Å². The van der Waals surface area contributed by atoms with Crippen LogP contribution in [0.3, 0.4) is 0 Å². The first kappa shape index (κ1) is 22.9. The zero-order chi connectivity index (χ0) is 23.6. The Bertz CT molecular complexity index is 1150. The summed E-state index contributed by atoms with van der Waals surface area (Å²) in [6.45, 7) is 2.74. The van der Waals surface area contributed by atoms with E-state index in [-0.39, 0.29) is 34.3 Å². The summed E-state index contributed by atoms with van der Waals surface area (Å²) in [4.78, 5) is 35.2. The van der Waals surface area contributed by atoms with Crippen LogP contribution in [0.2, 0.25) is 0 Å². The van der Waals surface area contributed by atoms with E-state index in [2.05, 4.69) is 25.9 Å². The van der Waals surface area contributed by atoms with Gasteiger partial charge in [-0.25, -0.2) is 18.4 Å². The van der Waals surface area contributed by atoms with Gasteiger partial charge in [-0.15, -0.1) is 0 Å². The van der Waals surface area contributed by atoms with Gasteiger partial charge in [0.2, 0.25) is 5.91 Å². The zero-order valence-electron chi connectivity index (χ0n) is 18.2. The summed E-state index contributed by atoms with van der Waals surface area (Å²) < 4.78 is 23.4. The molecule has 3 heterocycles. The molecule has 2 fully saturated rings. The van der Waals surface area contributed by atoms with Crippen molar-refractivity contribution in [2.45, 2.75) is 23.8 Å². The standard InChI is InChI=1S/C21H27N7O4S/c1-33(31,32)16-6-4-14(5-7-16)25-20-18(19(22)29)24-11-17(27-20)28-8-2-3-15(12-28)26-21(30)13-9-23-10-13/h4-7,11,13,15,23H,2-3,8-10,12H2,1H3,(H2,22,29)(H,25,27)(H,26,30)/t15-/m0/s1. The second kappa shape index (κ2) is 9.32. The molecule has 1 aromatic heterocycles. The van der Waals surface area contributed by atoms with Crippen molar-refractivity contribution >= 4 is 39.0 Å². The third-order valence-electron chi connectivity index (χ3n) is 5.78. The normalized spacial score (nSPS) is 18.9. The van der Waals surface area contributed by atoms with Gasteiger partial charge in [0, 0.05) is 44.2 Å². The minimum atomic E-state index is -3.32. The van der Waals surface area contributed by atoms with Gasteiger partial charge >= 0.3 is 0 Å². The molecule has 5 N–H and O–H groups in total. The summed E-state index contributed by atoms with van der Waals surface area (Å²) in [5.74, 6) is 0.0936. The third-order valence-corrected chi connectivity index (χ3v) is 6.91. The van der Waals surface area contributed by atoms with Crippen molar-refractivity contribution in [3.05, 3.63) is 36.2 Å². The summed E-state index contributed by atoms with van der Waals surface area (Å²) in [6.07, 6.45) is 4.39. The van der Waals surface area contributed by atoms with Crippen molar-refractivity contribution < 1.29 is 18.0 Å². The molecule has 0 bridgehead atoms. The number of nitrogens with one attached hydrogen (secondary N) is 3. The van der Waals surface area contributed by atoms with Crippen molar-refractivity contribution in [3.63, 3.8) is 0 Å². The minimum Gasteiger partial charge on any atom is -0.364 e. The quantitative estimate of drug-likeness (QED) is 0.435. The van der Waals surface area contributed by atoms with Gasteiger partial charge in [-0.1, -0.05) is 0 Å². The first-order valence-corrected chi connectivity index (χ1v) is 12.6. The summed E-state index contributed by atoms with van der Waals surface area (Å²) in [5, 5.41) is 9.23. The average Bonchev–Trinajstić information content (AvgIpc) is 2.72. The predicted octanol–water partition coefficient (Wildman–Crippen LogP) is 0.0270. The number of carbonyl (C=O) groups is 2. The number of primary amides is 1. The minimum absolute atomic E-state index is 0.00409. The highest BCUT2D eigenvalue weighted by Crippen LogP contribution is 2.24. The number of rotatable bonds is 7. The Kier molecular flexibility index (Phi) is 6.47. The summed E-state index contributed by atoms with van der Waals surface area (Å²) >= 11 is 0. The van der Waals surface area contributed by atoms with Gasteiger partial charge in [-0.05, 0) is 37.1 Å². The van der Waals surface area contributed by atoms with Crippen molar-refractivity contribution in [1.29, 1.82) is 0 Å². The lowest BCUT2D eigenvalue weighted by Crippen LogP contribution is -2.55. The predicted molar refractivity (Wildman–Crippen MR) is 123 cm³/mol. The van der Waals surface area contributed by atoms with Crippen LogP contribution in [0.5, 0.6) is 0 Å². The number of amides is 2. The van der Waals surface area contributed by atoms with E-state index < -0.39 is 15.7 Å². The maximum Gasteiger partial charge on any atom is 0.271 e. The van der Waals surface area contributed by atoms with E-state index in [1.807, 2.05) is 4.90 Å². The molecule has 2 aromatic rings. The molecule has 2 saturated heterocycles. The van der Waals surface area contributed by atoms with Crippen LogP contribution in [0.25, 0.3) is 0 Å². The smallest absolute Gasteiger partial charge is 0.271 e. The van der Waals surface area contributed by atoms with E-state index in [0.29, 0.717) is 31.1 Å². The molecule has 11 nitrogen and oxygen atoms in total. The maximum atomic E-state index is 12.3. The van der Waals surface area contributed by atoms with Gasteiger partial charge in [0.15, 0.2) is 21.3 Å². The van der Waals surface area contributed by atoms with E-state index in [9.17, 15) is 18.0 Å². The SMILES string of the molecule is CS(=O)(=O)c1ccc(Nc2nc(N3CCC[C@H](NC(=O)C4CNC4)C3)cnc2C(N)=O)cc1. The van der Waals surface area contributed by atoms with Crippen molar-refractivity contribution in [1.82, 2.24) is 20.6 Å². The first-order valence-electron chi connectivity index (χ1n) is 10.7. The number of nitrogens with zero attached hydrogens (tertiary/aromatic N) is 3. The molecule has 12 heteroatoms. The third kappa shape index (κ3) is 5.40. The molecular formula is C21H27N7O4S. The van der Waals surface area contributed by atoms with E-state index in [0.717, 1.165) is 25.6 Å². The number of carbonyl (C=O) groups excluding carboxylic acids is 2. The highest BCUT2D eigenvalue weighted by atomic mass is 32.2. The molecule has 0 aliphatic carbocycles. The molecule has 176 valence electrons. The number of benzene rings is 1. The molecular weight excluding hydrogens is 446 g/mol. The number of piperidine rings is 1. The molecule has 0 saturated carbocycles. The molecule has 4 rings (SSSR count). The highest BCUT2D eigenvalue weighted by Gasteiger charge is 2.29. The average molecular weight is 474 g/mol. The van der Waals surface area contributed by atoms with Crippen LogP contribution in [0.1, 0.15) is 23.3 Å². The molecule has 0 spiro atoms. The van der Waals surface area contributed by atoms with Crippen molar-refractivity contribution in [2.24, 2.45) is 11.7 Å². The Morgan fingerprint density at radius 3 is 2.55 bits per heavy atom.